The first kappa shape index (κ1) is 14.4. The highest BCUT2D eigenvalue weighted by Crippen LogP contribution is 2.24. The normalized spacial score (nSPS) is 12.0. The first-order valence-electron chi connectivity index (χ1n) is 6.22. The van der Waals surface area contributed by atoms with E-state index >= 15 is 0 Å². The maximum Gasteiger partial charge on any atom is 0.265 e. The molecule has 1 amide bonds. The molecule has 0 aliphatic heterocycles. The Morgan fingerprint density at radius 1 is 1.40 bits per heavy atom. The smallest absolute Gasteiger partial charge is 0.265 e. The first-order valence-corrected chi connectivity index (χ1v) is 6.60. The van der Waals surface area contributed by atoms with Crippen LogP contribution in [0.4, 0.5) is 5.69 Å². The summed E-state index contributed by atoms with van der Waals surface area (Å²) in [6.07, 6.45) is -0.663. The summed E-state index contributed by atoms with van der Waals surface area (Å²) in [5, 5.41) is 10.1. The van der Waals surface area contributed by atoms with E-state index in [1.807, 2.05) is 13.8 Å². The minimum Gasteiger partial charge on any atom is -0.479 e. The summed E-state index contributed by atoms with van der Waals surface area (Å²) < 4.78 is 5.56. The van der Waals surface area contributed by atoms with Gasteiger partial charge in [0.15, 0.2) is 6.10 Å². The maximum absolute atomic E-state index is 12.1. The lowest BCUT2D eigenvalue weighted by molar-refractivity contribution is -0.122. The third-order valence-corrected chi connectivity index (χ3v) is 3.20. The van der Waals surface area contributed by atoms with Crippen molar-refractivity contribution in [1.82, 2.24) is 10.2 Å². The number of carbonyl (C=O) groups excluding carboxylic acids is 1. The van der Waals surface area contributed by atoms with E-state index in [2.05, 4.69) is 15.5 Å². The number of aromatic nitrogens is 2. The highest BCUT2D eigenvalue weighted by atomic mass is 35.5. The lowest BCUT2D eigenvalue weighted by Crippen LogP contribution is -2.30. The van der Waals surface area contributed by atoms with Crippen molar-refractivity contribution in [2.45, 2.75) is 26.9 Å². The molecule has 2 N–H and O–H groups in total. The highest BCUT2D eigenvalue weighted by Gasteiger charge is 2.18. The van der Waals surface area contributed by atoms with E-state index in [9.17, 15) is 4.79 Å². The zero-order chi connectivity index (χ0) is 14.7. The van der Waals surface area contributed by atoms with Crippen LogP contribution >= 0.6 is 11.6 Å². The molecular formula is C14H16ClN3O2. The number of nitrogens with one attached hydrogen (secondary N) is 2. The Bertz CT molecular complexity index is 605. The Labute approximate surface area is 122 Å². The van der Waals surface area contributed by atoms with Gasteiger partial charge in [-0.15, -0.1) is 0 Å². The Morgan fingerprint density at radius 3 is 2.70 bits per heavy atom. The predicted molar refractivity (Wildman–Crippen MR) is 78.2 cm³/mol. The van der Waals surface area contributed by atoms with Gasteiger partial charge in [0.25, 0.3) is 5.91 Å². The van der Waals surface area contributed by atoms with Crippen LogP contribution in [0.3, 0.4) is 0 Å². The molecule has 1 heterocycles. The number of aromatic amines is 1. The number of carbonyl (C=O) groups is 1. The lowest BCUT2D eigenvalue weighted by Gasteiger charge is -2.15. The van der Waals surface area contributed by atoms with Gasteiger partial charge >= 0.3 is 0 Å². The van der Waals surface area contributed by atoms with Crippen LogP contribution in [0.25, 0.3) is 0 Å². The third kappa shape index (κ3) is 3.11. The fraction of sp³-hybridized carbons (Fsp3) is 0.286. The van der Waals surface area contributed by atoms with E-state index in [1.165, 1.54) is 0 Å². The van der Waals surface area contributed by atoms with Crippen LogP contribution in [0.15, 0.2) is 24.3 Å². The molecular weight excluding hydrogens is 278 g/mol. The molecule has 0 radical (unpaired) electrons. The average molecular weight is 294 g/mol. The van der Waals surface area contributed by atoms with Crippen molar-refractivity contribution in [3.05, 3.63) is 40.7 Å². The molecule has 0 saturated carbocycles. The molecule has 0 saturated heterocycles. The number of aryl methyl sites for hydroxylation is 2. The quantitative estimate of drug-likeness (QED) is 0.910. The zero-order valence-corrected chi connectivity index (χ0v) is 12.3. The van der Waals surface area contributed by atoms with Crippen LogP contribution in [-0.2, 0) is 4.79 Å². The molecule has 1 aromatic carbocycles. The van der Waals surface area contributed by atoms with E-state index in [4.69, 9.17) is 16.3 Å². The van der Waals surface area contributed by atoms with Crippen molar-refractivity contribution in [3.8, 4) is 5.75 Å². The van der Waals surface area contributed by atoms with Crippen LogP contribution < -0.4 is 10.1 Å². The van der Waals surface area contributed by atoms with Crippen LogP contribution in [0.2, 0.25) is 5.02 Å². The van der Waals surface area contributed by atoms with Crippen molar-refractivity contribution >= 4 is 23.2 Å². The largest absolute Gasteiger partial charge is 0.479 e. The number of rotatable bonds is 4. The van der Waals surface area contributed by atoms with E-state index in [1.54, 1.807) is 31.2 Å². The SMILES string of the molecule is Cc1n[nH]c(C)c1NC(=O)C(C)Oc1ccccc1Cl. The number of para-hydroxylation sites is 1. The Morgan fingerprint density at radius 2 is 2.10 bits per heavy atom. The molecule has 2 rings (SSSR count). The molecule has 106 valence electrons. The van der Waals surface area contributed by atoms with Crippen molar-refractivity contribution in [2.75, 3.05) is 5.32 Å². The van der Waals surface area contributed by atoms with Crippen molar-refractivity contribution in [1.29, 1.82) is 0 Å². The summed E-state index contributed by atoms with van der Waals surface area (Å²) in [6.45, 7) is 5.33. The molecule has 1 aromatic heterocycles. The second-order valence-corrected chi connectivity index (χ2v) is 4.90. The summed E-state index contributed by atoms with van der Waals surface area (Å²) in [5.74, 6) is 0.231. The van der Waals surface area contributed by atoms with Gasteiger partial charge in [-0.25, -0.2) is 0 Å². The second-order valence-electron chi connectivity index (χ2n) is 4.49. The summed E-state index contributed by atoms with van der Waals surface area (Å²) in [5.41, 5.74) is 2.23. The van der Waals surface area contributed by atoms with Crippen LogP contribution in [0, 0.1) is 13.8 Å². The van der Waals surface area contributed by atoms with Crippen LogP contribution in [0.1, 0.15) is 18.3 Å². The van der Waals surface area contributed by atoms with Crippen molar-refractivity contribution in [3.63, 3.8) is 0 Å². The zero-order valence-electron chi connectivity index (χ0n) is 11.5. The lowest BCUT2D eigenvalue weighted by atomic mass is 10.3. The number of amides is 1. The first-order chi connectivity index (χ1) is 9.49. The summed E-state index contributed by atoms with van der Waals surface area (Å²) in [7, 11) is 0. The molecule has 0 aliphatic rings. The third-order valence-electron chi connectivity index (χ3n) is 2.89. The van der Waals surface area contributed by atoms with Gasteiger partial charge in [-0.2, -0.15) is 5.10 Å². The van der Waals surface area contributed by atoms with Gasteiger partial charge in [0, 0.05) is 0 Å². The Balaban J connectivity index is 2.05. The molecule has 0 aliphatic carbocycles. The maximum atomic E-state index is 12.1. The monoisotopic (exact) mass is 293 g/mol. The van der Waals surface area contributed by atoms with Crippen molar-refractivity contribution < 1.29 is 9.53 Å². The number of anilines is 1. The average Bonchev–Trinajstić information content (AvgIpc) is 2.73. The van der Waals surface area contributed by atoms with Crippen LogP contribution in [-0.4, -0.2) is 22.2 Å². The Kier molecular flexibility index (Phi) is 4.29. The second kappa shape index (κ2) is 5.96. The summed E-state index contributed by atoms with van der Waals surface area (Å²) in [6, 6.07) is 7.04. The van der Waals surface area contributed by atoms with Gasteiger partial charge in [-0.1, -0.05) is 23.7 Å². The minimum absolute atomic E-state index is 0.252. The fourth-order valence-corrected chi connectivity index (χ4v) is 1.92. The van der Waals surface area contributed by atoms with Crippen molar-refractivity contribution in [2.24, 2.45) is 0 Å². The summed E-state index contributed by atoms with van der Waals surface area (Å²) in [4.78, 5) is 12.1. The van der Waals surface area contributed by atoms with Gasteiger partial charge in [-0.05, 0) is 32.9 Å². The molecule has 5 nitrogen and oxygen atoms in total. The molecule has 0 spiro atoms. The van der Waals surface area contributed by atoms with Gasteiger partial charge in [-0.3, -0.25) is 9.89 Å². The van der Waals surface area contributed by atoms with E-state index in [-0.39, 0.29) is 5.91 Å². The number of hydrogen-bond acceptors (Lipinski definition) is 3. The van der Waals surface area contributed by atoms with Gasteiger partial charge in [0.2, 0.25) is 0 Å². The minimum atomic E-state index is -0.663. The number of halogens is 1. The number of benzene rings is 1. The van der Waals surface area contributed by atoms with Gasteiger partial charge in [0.1, 0.15) is 5.75 Å². The Hall–Kier alpha value is -2.01. The van der Waals surface area contributed by atoms with Crippen LogP contribution in [0.5, 0.6) is 5.75 Å². The topological polar surface area (TPSA) is 67.0 Å². The number of hydrogen-bond donors (Lipinski definition) is 2. The summed E-state index contributed by atoms with van der Waals surface area (Å²) >= 11 is 5.99. The van der Waals surface area contributed by atoms with Gasteiger partial charge < -0.3 is 10.1 Å². The van der Waals surface area contributed by atoms with E-state index in [0.717, 1.165) is 11.4 Å². The predicted octanol–water partition coefficient (Wildman–Crippen LogP) is 3.09. The fourth-order valence-electron chi connectivity index (χ4n) is 1.74. The van der Waals surface area contributed by atoms with E-state index in [0.29, 0.717) is 16.5 Å². The number of H-pyrrole nitrogens is 1. The molecule has 0 fully saturated rings. The number of ether oxygens (including phenoxy) is 1. The molecule has 1 atom stereocenters. The molecule has 2 aromatic rings. The highest BCUT2D eigenvalue weighted by molar-refractivity contribution is 6.32. The van der Waals surface area contributed by atoms with Gasteiger partial charge in [0.05, 0.1) is 22.1 Å². The molecule has 6 heteroatoms. The molecule has 0 bridgehead atoms. The van der Waals surface area contributed by atoms with E-state index < -0.39 is 6.10 Å². The molecule has 1 unspecified atom stereocenters. The number of nitrogens with zero attached hydrogens (tertiary/aromatic N) is 1. The molecule has 20 heavy (non-hydrogen) atoms. The standard InChI is InChI=1S/C14H16ClN3O2/c1-8-13(9(2)18-17-8)16-14(19)10(3)20-12-7-5-4-6-11(12)15/h4-7,10H,1-3H3,(H,16,19)(H,17,18).